The Balaban J connectivity index is 2.41. The van der Waals surface area contributed by atoms with Crippen molar-refractivity contribution in [1.29, 1.82) is 0 Å². The van der Waals surface area contributed by atoms with E-state index in [1.807, 2.05) is 13.0 Å². The van der Waals surface area contributed by atoms with Gasteiger partial charge in [0.25, 0.3) is 10.0 Å². The molecule has 0 fully saturated rings. The van der Waals surface area contributed by atoms with Crippen molar-refractivity contribution >= 4 is 43.2 Å². The molecule has 2 aromatic rings. The van der Waals surface area contributed by atoms with Gasteiger partial charge in [-0.15, -0.1) is 0 Å². The second kappa shape index (κ2) is 6.25. The summed E-state index contributed by atoms with van der Waals surface area (Å²) >= 11 is 9.09. The van der Waals surface area contributed by atoms with Gasteiger partial charge in [-0.3, -0.25) is 4.72 Å². The van der Waals surface area contributed by atoms with Crippen LogP contribution in [-0.4, -0.2) is 15.5 Å². The first-order chi connectivity index (χ1) is 9.83. The van der Waals surface area contributed by atoms with Crippen LogP contribution in [0.1, 0.15) is 5.56 Å². The number of sulfonamides is 1. The van der Waals surface area contributed by atoms with Crippen LogP contribution in [0.4, 0.5) is 5.69 Å². The highest BCUT2D eigenvalue weighted by molar-refractivity contribution is 9.10. The Morgan fingerprint density at radius 3 is 2.52 bits per heavy atom. The lowest BCUT2D eigenvalue weighted by molar-refractivity contribution is 0.417. The van der Waals surface area contributed by atoms with E-state index in [1.54, 1.807) is 12.1 Å². The van der Waals surface area contributed by atoms with Crippen molar-refractivity contribution < 1.29 is 13.2 Å². The fourth-order valence-corrected chi connectivity index (χ4v) is 3.48. The number of rotatable bonds is 4. The Bertz CT molecular complexity index is 778. The van der Waals surface area contributed by atoms with Crippen LogP contribution in [0.5, 0.6) is 5.75 Å². The second-order valence-electron chi connectivity index (χ2n) is 4.39. The van der Waals surface area contributed by atoms with E-state index in [-0.39, 0.29) is 4.90 Å². The number of hydrogen-bond donors (Lipinski definition) is 1. The summed E-state index contributed by atoms with van der Waals surface area (Å²) in [6, 6.07) is 9.68. The zero-order valence-electron chi connectivity index (χ0n) is 11.4. The van der Waals surface area contributed by atoms with Crippen molar-refractivity contribution in [3.63, 3.8) is 0 Å². The lowest BCUT2D eigenvalue weighted by atomic mass is 10.2. The Morgan fingerprint density at radius 2 is 1.90 bits per heavy atom. The fraction of sp³-hybridized carbons (Fsp3) is 0.143. The molecule has 0 aliphatic rings. The fourth-order valence-electron chi connectivity index (χ4n) is 1.75. The van der Waals surface area contributed by atoms with Crippen LogP contribution < -0.4 is 9.46 Å². The summed E-state index contributed by atoms with van der Waals surface area (Å²) < 4.78 is 33.0. The summed E-state index contributed by atoms with van der Waals surface area (Å²) in [7, 11) is -2.23. The highest BCUT2D eigenvalue weighted by atomic mass is 79.9. The summed E-state index contributed by atoms with van der Waals surface area (Å²) in [5.41, 5.74) is 1.31. The third-order valence-corrected chi connectivity index (χ3v) is 5.38. The summed E-state index contributed by atoms with van der Waals surface area (Å²) in [6.45, 7) is 1.87. The van der Waals surface area contributed by atoms with E-state index in [0.29, 0.717) is 20.9 Å². The molecule has 0 atom stereocenters. The van der Waals surface area contributed by atoms with Crippen LogP contribution in [0.15, 0.2) is 45.8 Å². The van der Waals surface area contributed by atoms with Crippen molar-refractivity contribution in [2.75, 3.05) is 11.8 Å². The lowest BCUT2D eigenvalue weighted by Gasteiger charge is -2.13. The molecule has 1 N–H and O–H groups in total. The van der Waals surface area contributed by atoms with Gasteiger partial charge in [0.05, 0.1) is 22.7 Å². The number of methoxy groups -OCH3 is 1. The number of nitrogens with one attached hydrogen (secondary N) is 1. The molecule has 0 radical (unpaired) electrons. The van der Waals surface area contributed by atoms with Gasteiger partial charge in [0, 0.05) is 4.47 Å². The Morgan fingerprint density at radius 1 is 1.19 bits per heavy atom. The monoisotopic (exact) mass is 389 g/mol. The van der Waals surface area contributed by atoms with Gasteiger partial charge in [-0.1, -0.05) is 17.7 Å². The van der Waals surface area contributed by atoms with Crippen molar-refractivity contribution in [2.24, 2.45) is 0 Å². The highest BCUT2D eigenvalue weighted by Gasteiger charge is 2.17. The molecular weight excluding hydrogens is 378 g/mol. The average molecular weight is 391 g/mol. The van der Waals surface area contributed by atoms with Crippen molar-refractivity contribution in [2.45, 2.75) is 11.8 Å². The SMILES string of the molecule is COc1ccc(C)cc1NS(=O)(=O)c1ccc(Cl)c(Br)c1. The van der Waals surface area contributed by atoms with Crippen LogP contribution in [0.2, 0.25) is 5.02 Å². The number of aryl methyl sites for hydroxylation is 1. The second-order valence-corrected chi connectivity index (χ2v) is 7.33. The van der Waals surface area contributed by atoms with Gasteiger partial charge in [-0.2, -0.15) is 0 Å². The minimum atomic E-state index is -3.72. The molecule has 0 aromatic heterocycles. The van der Waals surface area contributed by atoms with E-state index < -0.39 is 10.0 Å². The van der Waals surface area contributed by atoms with Gasteiger partial charge in [0.1, 0.15) is 5.75 Å². The Kier molecular flexibility index (Phi) is 4.81. The summed E-state index contributed by atoms with van der Waals surface area (Å²) in [6.07, 6.45) is 0. The molecule has 7 heteroatoms. The minimum Gasteiger partial charge on any atom is -0.495 e. The lowest BCUT2D eigenvalue weighted by Crippen LogP contribution is -2.13. The summed E-state index contributed by atoms with van der Waals surface area (Å²) in [5, 5.41) is 0.446. The third-order valence-electron chi connectivity index (χ3n) is 2.80. The number of halogens is 2. The van der Waals surface area contributed by atoms with Gasteiger partial charge < -0.3 is 4.74 Å². The van der Waals surface area contributed by atoms with Crippen LogP contribution in [0.3, 0.4) is 0 Å². The summed E-state index contributed by atoms with van der Waals surface area (Å²) in [5.74, 6) is 0.456. The van der Waals surface area contributed by atoms with E-state index in [4.69, 9.17) is 16.3 Å². The standard InChI is InChI=1S/C14H13BrClNO3S/c1-9-3-6-14(20-2)13(7-9)17-21(18,19)10-4-5-12(16)11(15)8-10/h3-8,17H,1-2H3. The van der Waals surface area contributed by atoms with E-state index in [2.05, 4.69) is 20.7 Å². The maximum Gasteiger partial charge on any atom is 0.262 e. The van der Waals surface area contributed by atoms with Crippen LogP contribution in [-0.2, 0) is 10.0 Å². The van der Waals surface area contributed by atoms with Crippen LogP contribution in [0, 0.1) is 6.92 Å². The van der Waals surface area contributed by atoms with Gasteiger partial charge >= 0.3 is 0 Å². The van der Waals surface area contributed by atoms with E-state index in [0.717, 1.165) is 5.56 Å². The minimum absolute atomic E-state index is 0.113. The molecule has 0 unspecified atom stereocenters. The van der Waals surface area contributed by atoms with Gasteiger partial charge in [-0.05, 0) is 58.7 Å². The molecule has 4 nitrogen and oxygen atoms in total. The smallest absolute Gasteiger partial charge is 0.262 e. The van der Waals surface area contributed by atoms with Crippen molar-refractivity contribution in [3.05, 3.63) is 51.5 Å². The van der Waals surface area contributed by atoms with Crippen LogP contribution >= 0.6 is 27.5 Å². The third kappa shape index (κ3) is 3.70. The quantitative estimate of drug-likeness (QED) is 0.850. The molecule has 21 heavy (non-hydrogen) atoms. The molecular formula is C14H13BrClNO3S. The Labute approximate surface area is 137 Å². The molecule has 2 aromatic carbocycles. The molecule has 0 aliphatic carbocycles. The number of benzene rings is 2. The molecule has 112 valence electrons. The number of ether oxygens (including phenoxy) is 1. The van der Waals surface area contributed by atoms with Crippen molar-refractivity contribution in [3.8, 4) is 5.75 Å². The first kappa shape index (κ1) is 16.1. The highest BCUT2D eigenvalue weighted by Crippen LogP contribution is 2.30. The zero-order valence-corrected chi connectivity index (χ0v) is 14.5. The predicted molar refractivity (Wildman–Crippen MR) is 87.7 cm³/mol. The molecule has 0 bridgehead atoms. The molecule has 0 amide bonds. The zero-order chi connectivity index (χ0) is 15.6. The maximum absolute atomic E-state index is 12.4. The Hall–Kier alpha value is -1.24. The molecule has 0 spiro atoms. The van der Waals surface area contributed by atoms with Crippen LogP contribution in [0.25, 0.3) is 0 Å². The normalized spacial score (nSPS) is 11.2. The number of hydrogen-bond acceptors (Lipinski definition) is 3. The first-order valence-corrected chi connectivity index (χ1v) is 8.61. The van der Waals surface area contributed by atoms with E-state index in [9.17, 15) is 8.42 Å². The van der Waals surface area contributed by atoms with E-state index in [1.165, 1.54) is 25.3 Å². The topological polar surface area (TPSA) is 55.4 Å². The molecule has 0 heterocycles. The summed E-state index contributed by atoms with van der Waals surface area (Å²) in [4.78, 5) is 0.113. The molecule has 2 rings (SSSR count). The first-order valence-electron chi connectivity index (χ1n) is 5.96. The van der Waals surface area contributed by atoms with Gasteiger partial charge in [0.2, 0.25) is 0 Å². The largest absolute Gasteiger partial charge is 0.495 e. The number of anilines is 1. The average Bonchev–Trinajstić information content (AvgIpc) is 2.41. The van der Waals surface area contributed by atoms with E-state index >= 15 is 0 Å². The maximum atomic E-state index is 12.4. The molecule has 0 saturated heterocycles. The molecule has 0 aliphatic heterocycles. The van der Waals surface area contributed by atoms with Gasteiger partial charge in [0.15, 0.2) is 0 Å². The predicted octanol–water partition coefficient (Wildman–Crippen LogP) is 4.22. The molecule has 0 saturated carbocycles. The van der Waals surface area contributed by atoms with Gasteiger partial charge in [-0.25, -0.2) is 8.42 Å². The van der Waals surface area contributed by atoms with Crippen molar-refractivity contribution in [1.82, 2.24) is 0 Å².